The molecule has 0 aliphatic carbocycles. The summed E-state index contributed by atoms with van der Waals surface area (Å²) in [4.78, 5) is 43.3. The zero-order chi connectivity index (χ0) is 29.0. The van der Waals surface area contributed by atoms with E-state index < -0.39 is 18.0 Å². The van der Waals surface area contributed by atoms with Gasteiger partial charge in [0.2, 0.25) is 0 Å². The van der Waals surface area contributed by atoms with E-state index in [1.807, 2.05) is 0 Å². The predicted molar refractivity (Wildman–Crippen MR) is 149 cm³/mol. The molecule has 11 heteroatoms. The van der Waals surface area contributed by atoms with Crippen molar-refractivity contribution >= 4 is 29.4 Å². The third-order valence-electron chi connectivity index (χ3n) is 6.03. The van der Waals surface area contributed by atoms with Crippen molar-refractivity contribution in [1.82, 2.24) is 4.57 Å². The first-order chi connectivity index (χ1) is 19.2. The zero-order valence-electron chi connectivity index (χ0n) is 22.7. The number of methoxy groups -OCH3 is 3. The van der Waals surface area contributed by atoms with Crippen LogP contribution in [-0.2, 0) is 14.3 Å². The van der Waals surface area contributed by atoms with Crippen LogP contribution in [0.4, 0.5) is 0 Å². The standard InChI is InChI=1S/C29H28N2O8S/c1-7-12-38-20-10-8-18(13-22(20)35-4)14-24-27(33)31-26(25(28(34)37-6)16(2)30-29(31)40-24)19-9-11-21(39-17(3)32)23(15-19)36-5/h7-11,13-15,26H,1,12H2,2-6H3/b24-14+/t26-/m0/s1. The highest BCUT2D eigenvalue weighted by molar-refractivity contribution is 7.07. The second-order valence-corrected chi connectivity index (χ2v) is 9.60. The number of carbonyl (C=O) groups excluding carboxylic acids is 2. The number of hydrogen-bond acceptors (Lipinski definition) is 10. The minimum atomic E-state index is -0.865. The van der Waals surface area contributed by atoms with Crippen LogP contribution in [0.5, 0.6) is 23.0 Å². The van der Waals surface area contributed by atoms with Crippen LogP contribution in [0.2, 0.25) is 0 Å². The third-order valence-corrected chi connectivity index (χ3v) is 7.01. The lowest BCUT2D eigenvalue weighted by atomic mass is 9.95. The Morgan fingerprint density at radius 1 is 1.05 bits per heavy atom. The number of esters is 2. The van der Waals surface area contributed by atoms with Gasteiger partial charge in [-0.25, -0.2) is 9.79 Å². The smallest absolute Gasteiger partial charge is 0.338 e. The van der Waals surface area contributed by atoms with Crippen LogP contribution >= 0.6 is 11.3 Å². The number of hydrogen-bond donors (Lipinski definition) is 0. The second-order valence-electron chi connectivity index (χ2n) is 8.59. The van der Waals surface area contributed by atoms with Crippen molar-refractivity contribution in [3.63, 3.8) is 0 Å². The topological polar surface area (TPSA) is 115 Å². The van der Waals surface area contributed by atoms with Gasteiger partial charge in [-0.05, 0) is 48.4 Å². The summed E-state index contributed by atoms with van der Waals surface area (Å²) >= 11 is 1.19. The summed E-state index contributed by atoms with van der Waals surface area (Å²) in [6.07, 6.45) is 3.36. The zero-order valence-corrected chi connectivity index (χ0v) is 23.5. The summed E-state index contributed by atoms with van der Waals surface area (Å²) < 4.78 is 28.6. The van der Waals surface area contributed by atoms with Gasteiger partial charge in [0.15, 0.2) is 27.8 Å². The number of allylic oxidation sites excluding steroid dienone is 1. The van der Waals surface area contributed by atoms with Crippen LogP contribution in [0.15, 0.2) is 70.1 Å². The summed E-state index contributed by atoms with van der Waals surface area (Å²) in [6, 6.07) is 9.29. The van der Waals surface area contributed by atoms with Crippen molar-refractivity contribution in [3.05, 3.63) is 91.1 Å². The molecule has 1 atom stereocenters. The van der Waals surface area contributed by atoms with Gasteiger partial charge in [-0.3, -0.25) is 14.2 Å². The maximum atomic E-state index is 13.8. The van der Waals surface area contributed by atoms with Crippen molar-refractivity contribution in [2.45, 2.75) is 19.9 Å². The average Bonchev–Trinajstić information content (AvgIpc) is 3.24. The van der Waals surface area contributed by atoms with E-state index in [9.17, 15) is 14.4 Å². The Balaban J connectivity index is 1.89. The van der Waals surface area contributed by atoms with Crippen molar-refractivity contribution < 1.29 is 33.3 Å². The van der Waals surface area contributed by atoms with Crippen molar-refractivity contribution in [2.24, 2.45) is 4.99 Å². The predicted octanol–water partition coefficient (Wildman–Crippen LogP) is 2.92. The van der Waals surface area contributed by atoms with Gasteiger partial charge >= 0.3 is 11.9 Å². The molecule has 1 aliphatic rings. The van der Waals surface area contributed by atoms with Crippen molar-refractivity contribution in [2.75, 3.05) is 27.9 Å². The number of nitrogens with zero attached hydrogens (tertiary/aromatic N) is 2. The van der Waals surface area contributed by atoms with Crippen LogP contribution < -0.4 is 33.8 Å². The van der Waals surface area contributed by atoms with Gasteiger partial charge in [-0.2, -0.15) is 0 Å². The van der Waals surface area contributed by atoms with E-state index in [2.05, 4.69) is 11.6 Å². The summed E-state index contributed by atoms with van der Waals surface area (Å²) in [5.74, 6) is 0.390. The number of ether oxygens (including phenoxy) is 5. The molecule has 0 saturated heterocycles. The number of carbonyl (C=O) groups is 2. The second kappa shape index (κ2) is 12.0. The van der Waals surface area contributed by atoms with Crippen LogP contribution in [0.3, 0.4) is 0 Å². The first kappa shape index (κ1) is 28.4. The largest absolute Gasteiger partial charge is 0.493 e. The summed E-state index contributed by atoms with van der Waals surface area (Å²) in [5.41, 5.74) is 1.52. The van der Waals surface area contributed by atoms with Gasteiger partial charge in [0, 0.05) is 6.92 Å². The quantitative estimate of drug-likeness (QED) is 0.221. The van der Waals surface area contributed by atoms with Crippen LogP contribution in [0.1, 0.15) is 31.0 Å². The number of benzene rings is 2. The molecule has 0 N–H and O–H groups in total. The highest BCUT2D eigenvalue weighted by atomic mass is 32.1. The summed E-state index contributed by atoms with van der Waals surface area (Å²) in [7, 11) is 4.23. The maximum absolute atomic E-state index is 13.8. The van der Waals surface area contributed by atoms with E-state index >= 15 is 0 Å². The van der Waals surface area contributed by atoms with Crippen molar-refractivity contribution in [1.29, 1.82) is 0 Å². The first-order valence-corrected chi connectivity index (χ1v) is 12.9. The minimum Gasteiger partial charge on any atom is -0.493 e. The van der Waals surface area contributed by atoms with E-state index in [1.54, 1.807) is 55.5 Å². The number of rotatable bonds is 9. The molecule has 2 aromatic carbocycles. The molecule has 0 unspecified atom stereocenters. The molecule has 1 aliphatic heterocycles. The molecule has 40 heavy (non-hydrogen) atoms. The SMILES string of the molecule is C=CCOc1ccc(/C=c2/sc3n(c2=O)[C@@H](c2ccc(OC(C)=O)c(OC)c2)C(C(=O)OC)=C(C)N=3)cc1OC. The van der Waals surface area contributed by atoms with Gasteiger partial charge in [0.25, 0.3) is 5.56 Å². The van der Waals surface area contributed by atoms with E-state index in [1.165, 1.54) is 44.2 Å². The number of thiazole rings is 1. The Morgan fingerprint density at radius 3 is 2.40 bits per heavy atom. The lowest BCUT2D eigenvalue weighted by molar-refractivity contribution is -0.136. The van der Waals surface area contributed by atoms with E-state index in [0.29, 0.717) is 44.3 Å². The molecule has 10 nitrogen and oxygen atoms in total. The molecule has 0 saturated carbocycles. The fourth-order valence-corrected chi connectivity index (χ4v) is 5.34. The van der Waals surface area contributed by atoms with Crippen molar-refractivity contribution in [3.8, 4) is 23.0 Å². The Bertz CT molecular complexity index is 1700. The highest BCUT2D eigenvalue weighted by Crippen LogP contribution is 2.36. The minimum absolute atomic E-state index is 0.203. The molecule has 0 fully saturated rings. The molecule has 0 bridgehead atoms. The molecule has 1 aromatic heterocycles. The van der Waals surface area contributed by atoms with Crippen LogP contribution in [-0.4, -0.2) is 44.4 Å². The van der Waals surface area contributed by atoms with Crippen LogP contribution in [0, 0.1) is 0 Å². The Labute approximate surface area is 234 Å². The lowest BCUT2D eigenvalue weighted by Gasteiger charge is -2.25. The Kier molecular flexibility index (Phi) is 8.54. The average molecular weight is 565 g/mol. The molecule has 4 rings (SSSR count). The summed E-state index contributed by atoms with van der Waals surface area (Å²) in [6.45, 7) is 6.94. The van der Waals surface area contributed by atoms with Gasteiger partial charge in [-0.15, -0.1) is 0 Å². The monoisotopic (exact) mass is 564 g/mol. The van der Waals surface area contributed by atoms with Gasteiger partial charge in [-0.1, -0.05) is 36.1 Å². The maximum Gasteiger partial charge on any atom is 0.338 e. The molecule has 0 spiro atoms. The number of fused-ring (bicyclic) bond motifs is 1. The normalized spacial score (nSPS) is 14.6. The van der Waals surface area contributed by atoms with Crippen LogP contribution in [0.25, 0.3) is 6.08 Å². The molecule has 3 aromatic rings. The lowest BCUT2D eigenvalue weighted by Crippen LogP contribution is -2.39. The third kappa shape index (κ3) is 5.55. The first-order valence-electron chi connectivity index (χ1n) is 12.1. The molecule has 0 amide bonds. The molecular formula is C29H28N2O8S. The van der Waals surface area contributed by atoms with Gasteiger partial charge in [0.05, 0.1) is 43.2 Å². The Morgan fingerprint density at radius 2 is 1.75 bits per heavy atom. The summed E-state index contributed by atoms with van der Waals surface area (Å²) in [5, 5.41) is 0. The fourth-order valence-electron chi connectivity index (χ4n) is 4.29. The van der Waals surface area contributed by atoms with Gasteiger partial charge < -0.3 is 23.7 Å². The fraction of sp³-hybridized carbons (Fsp3) is 0.241. The molecular weight excluding hydrogens is 536 g/mol. The van der Waals surface area contributed by atoms with Gasteiger partial charge in [0.1, 0.15) is 6.61 Å². The Hall–Kier alpha value is -4.64. The molecule has 208 valence electrons. The highest BCUT2D eigenvalue weighted by Gasteiger charge is 2.33. The molecule has 2 heterocycles. The number of aromatic nitrogens is 1. The van der Waals surface area contributed by atoms with E-state index in [-0.39, 0.29) is 22.6 Å². The molecule has 0 radical (unpaired) electrons. The van der Waals surface area contributed by atoms with E-state index in [0.717, 1.165) is 0 Å². The van der Waals surface area contributed by atoms with E-state index in [4.69, 9.17) is 23.7 Å².